The molecule has 1 fully saturated rings. The molecular formula is C21H23Cl2NO2. The van der Waals surface area contributed by atoms with E-state index in [-0.39, 0.29) is 5.91 Å². The maximum atomic E-state index is 12.3. The molecule has 2 aromatic rings. The van der Waals surface area contributed by atoms with E-state index in [2.05, 4.69) is 11.4 Å². The number of hydrogen-bond donors (Lipinski definition) is 1. The lowest BCUT2D eigenvalue weighted by Gasteiger charge is -2.28. The number of ether oxygens (including phenoxy) is 1. The summed E-state index contributed by atoms with van der Waals surface area (Å²) in [5.41, 5.74) is 2.06. The van der Waals surface area contributed by atoms with E-state index in [0.29, 0.717) is 34.1 Å². The minimum atomic E-state index is 0.0725. The van der Waals surface area contributed by atoms with Crippen LogP contribution in [0.4, 0.5) is 5.69 Å². The van der Waals surface area contributed by atoms with E-state index in [1.807, 2.05) is 24.3 Å². The van der Waals surface area contributed by atoms with Gasteiger partial charge in [0.25, 0.3) is 0 Å². The minimum Gasteiger partial charge on any atom is -0.495 e. The lowest BCUT2D eigenvalue weighted by Crippen LogP contribution is -2.20. The van der Waals surface area contributed by atoms with Gasteiger partial charge in [-0.1, -0.05) is 29.3 Å². The highest BCUT2D eigenvalue weighted by Crippen LogP contribution is 2.39. The number of carbonyl (C=O) groups excluding carboxylic acids is 1. The SMILES string of the molecule is COc1ccc(C2CCC(CC(=O)Nc3ccc(Cl)cc3)CC2)cc1Cl. The number of rotatable bonds is 5. The molecule has 1 saturated carbocycles. The summed E-state index contributed by atoms with van der Waals surface area (Å²) in [7, 11) is 1.63. The second-order valence-electron chi connectivity index (χ2n) is 6.87. The average molecular weight is 392 g/mol. The number of halogens is 2. The van der Waals surface area contributed by atoms with E-state index < -0.39 is 0 Å². The Labute approximate surface area is 164 Å². The van der Waals surface area contributed by atoms with Crippen LogP contribution in [0.25, 0.3) is 0 Å². The zero-order valence-corrected chi connectivity index (χ0v) is 16.3. The predicted octanol–water partition coefficient (Wildman–Crippen LogP) is 6.30. The molecule has 0 spiro atoms. The Balaban J connectivity index is 1.49. The fourth-order valence-corrected chi connectivity index (χ4v) is 4.04. The van der Waals surface area contributed by atoms with Crippen molar-refractivity contribution in [2.24, 2.45) is 5.92 Å². The topological polar surface area (TPSA) is 38.3 Å². The number of carbonyl (C=O) groups is 1. The van der Waals surface area contributed by atoms with Gasteiger partial charge in [-0.3, -0.25) is 4.79 Å². The van der Waals surface area contributed by atoms with Crippen molar-refractivity contribution in [1.82, 2.24) is 0 Å². The molecule has 1 aliphatic carbocycles. The van der Waals surface area contributed by atoms with Crippen LogP contribution in [0, 0.1) is 5.92 Å². The van der Waals surface area contributed by atoms with E-state index >= 15 is 0 Å². The molecule has 0 aromatic heterocycles. The summed E-state index contributed by atoms with van der Waals surface area (Å²) in [5, 5.41) is 4.28. The van der Waals surface area contributed by atoms with Gasteiger partial charge in [0.1, 0.15) is 5.75 Å². The van der Waals surface area contributed by atoms with Crippen LogP contribution in [0.2, 0.25) is 10.0 Å². The van der Waals surface area contributed by atoms with Crippen molar-refractivity contribution >= 4 is 34.8 Å². The molecule has 1 aliphatic rings. The molecular weight excluding hydrogens is 369 g/mol. The third-order valence-corrected chi connectivity index (χ3v) is 5.64. The summed E-state index contributed by atoms with van der Waals surface area (Å²) >= 11 is 12.1. The second-order valence-corrected chi connectivity index (χ2v) is 7.71. The third kappa shape index (κ3) is 4.93. The normalized spacial score (nSPS) is 19.8. The van der Waals surface area contributed by atoms with Crippen molar-refractivity contribution in [3.05, 3.63) is 58.1 Å². The van der Waals surface area contributed by atoms with Crippen LogP contribution in [0.5, 0.6) is 5.75 Å². The molecule has 3 nitrogen and oxygen atoms in total. The summed E-state index contributed by atoms with van der Waals surface area (Å²) < 4.78 is 5.22. The first-order chi connectivity index (χ1) is 12.5. The van der Waals surface area contributed by atoms with E-state index in [1.165, 1.54) is 5.56 Å². The Morgan fingerprint density at radius 3 is 2.38 bits per heavy atom. The van der Waals surface area contributed by atoms with Crippen LogP contribution >= 0.6 is 23.2 Å². The summed E-state index contributed by atoms with van der Waals surface area (Å²) in [6.07, 6.45) is 4.85. The zero-order valence-electron chi connectivity index (χ0n) is 14.8. The summed E-state index contributed by atoms with van der Waals surface area (Å²) in [4.78, 5) is 12.3. The molecule has 0 saturated heterocycles. The number of hydrogen-bond acceptors (Lipinski definition) is 2. The Kier molecular flexibility index (Phi) is 6.44. The second kappa shape index (κ2) is 8.79. The number of methoxy groups -OCH3 is 1. The Bertz CT molecular complexity index is 753. The van der Waals surface area contributed by atoms with Gasteiger partial charge in [-0.05, 0) is 79.5 Å². The fourth-order valence-electron chi connectivity index (χ4n) is 3.64. The van der Waals surface area contributed by atoms with Crippen LogP contribution < -0.4 is 10.1 Å². The van der Waals surface area contributed by atoms with E-state index in [4.69, 9.17) is 27.9 Å². The minimum absolute atomic E-state index is 0.0725. The van der Waals surface area contributed by atoms with E-state index in [1.54, 1.807) is 19.2 Å². The molecule has 0 aliphatic heterocycles. The molecule has 0 atom stereocenters. The van der Waals surface area contributed by atoms with Crippen molar-refractivity contribution < 1.29 is 9.53 Å². The molecule has 0 heterocycles. The van der Waals surface area contributed by atoms with Crippen LogP contribution in [-0.2, 0) is 4.79 Å². The highest BCUT2D eigenvalue weighted by atomic mass is 35.5. The Morgan fingerprint density at radius 1 is 1.08 bits per heavy atom. The first-order valence-corrected chi connectivity index (χ1v) is 9.69. The standard InChI is InChI=1S/C21H23Cl2NO2/c1-26-20-11-6-16(13-19(20)23)15-4-2-14(3-5-15)12-21(25)24-18-9-7-17(22)8-10-18/h6-11,13-15H,2-5,12H2,1H3,(H,24,25). The molecule has 0 radical (unpaired) electrons. The van der Waals surface area contributed by atoms with Gasteiger partial charge in [0, 0.05) is 17.1 Å². The van der Waals surface area contributed by atoms with E-state index in [0.717, 1.165) is 31.4 Å². The molecule has 5 heteroatoms. The van der Waals surface area contributed by atoms with Gasteiger partial charge in [0.15, 0.2) is 0 Å². The largest absolute Gasteiger partial charge is 0.495 e. The predicted molar refractivity (Wildman–Crippen MR) is 107 cm³/mol. The molecule has 0 unspecified atom stereocenters. The van der Waals surface area contributed by atoms with Crippen molar-refractivity contribution in [2.75, 3.05) is 12.4 Å². The highest BCUT2D eigenvalue weighted by molar-refractivity contribution is 6.32. The van der Waals surface area contributed by atoms with Crippen molar-refractivity contribution in [2.45, 2.75) is 38.0 Å². The van der Waals surface area contributed by atoms with Gasteiger partial charge in [0.2, 0.25) is 5.91 Å². The van der Waals surface area contributed by atoms with Crippen molar-refractivity contribution in [3.63, 3.8) is 0 Å². The van der Waals surface area contributed by atoms with Crippen molar-refractivity contribution in [3.8, 4) is 5.75 Å². The molecule has 3 rings (SSSR count). The van der Waals surface area contributed by atoms with Gasteiger partial charge >= 0.3 is 0 Å². The highest BCUT2D eigenvalue weighted by Gasteiger charge is 2.24. The number of benzene rings is 2. The van der Waals surface area contributed by atoms with Crippen molar-refractivity contribution in [1.29, 1.82) is 0 Å². The quantitative estimate of drug-likeness (QED) is 0.648. The van der Waals surface area contributed by atoms with Gasteiger partial charge in [-0.2, -0.15) is 0 Å². The first kappa shape index (κ1) is 19.1. The maximum absolute atomic E-state index is 12.3. The molecule has 138 valence electrons. The van der Waals surface area contributed by atoms with Gasteiger partial charge in [0.05, 0.1) is 12.1 Å². The first-order valence-electron chi connectivity index (χ1n) is 8.94. The molecule has 1 amide bonds. The molecule has 26 heavy (non-hydrogen) atoms. The van der Waals surface area contributed by atoms with Crippen LogP contribution in [0.3, 0.4) is 0 Å². The fraction of sp³-hybridized carbons (Fsp3) is 0.381. The van der Waals surface area contributed by atoms with Gasteiger partial charge in [-0.15, -0.1) is 0 Å². The third-order valence-electron chi connectivity index (χ3n) is 5.10. The van der Waals surface area contributed by atoms with Crippen LogP contribution in [0.15, 0.2) is 42.5 Å². The lowest BCUT2D eigenvalue weighted by molar-refractivity contribution is -0.117. The zero-order chi connectivity index (χ0) is 18.5. The van der Waals surface area contributed by atoms with Crippen LogP contribution in [-0.4, -0.2) is 13.0 Å². The Hall–Kier alpha value is -1.71. The monoisotopic (exact) mass is 391 g/mol. The molecule has 0 bridgehead atoms. The van der Waals surface area contributed by atoms with E-state index in [9.17, 15) is 4.79 Å². The molecule has 1 N–H and O–H groups in total. The Morgan fingerprint density at radius 2 is 1.77 bits per heavy atom. The van der Waals surface area contributed by atoms with Gasteiger partial charge < -0.3 is 10.1 Å². The average Bonchev–Trinajstić information content (AvgIpc) is 2.64. The summed E-state index contributed by atoms with van der Waals surface area (Å²) in [6, 6.07) is 13.3. The number of anilines is 1. The summed E-state index contributed by atoms with van der Waals surface area (Å²) in [6.45, 7) is 0. The number of nitrogens with one attached hydrogen (secondary N) is 1. The maximum Gasteiger partial charge on any atom is 0.224 e. The van der Waals surface area contributed by atoms with Crippen LogP contribution in [0.1, 0.15) is 43.6 Å². The smallest absolute Gasteiger partial charge is 0.224 e. The summed E-state index contributed by atoms with van der Waals surface area (Å²) in [5.74, 6) is 1.73. The lowest BCUT2D eigenvalue weighted by atomic mass is 9.77. The van der Waals surface area contributed by atoms with Gasteiger partial charge in [-0.25, -0.2) is 0 Å². The molecule has 2 aromatic carbocycles. The number of amides is 1.